The molecule has 0 aliphatic rings. The summed E-state index contributed by atoms with van der Waals surface area (Å²) in [6, 6.07) is 16.8. The Hall–Kier alpha value is -3.14. The van der Waals surface area contributed by atoms with Crippen molar-refractivity contribution in [2.75, 3.05) is 13.2 Å². The van der Waals surface area contributed by atoms with Gasteiger partial charge < -0.3 is 9.47 Å². The number of ether oxygens (including phenoxy) is 2. The lowest BCUT2D eigenvalue weighted by atomic mass is 9.92. The maximum absolute atomic E-state index is 13.8. The molecule has 2 nitrogen and oxygen atoms in total. The highest BCUT2D eigenvalue weighted by Gasteiger charge is 2.19. The molecule has 0 unspecified atom stereocenters. The van der Waals surface area contributed by atoms with E-state index in [1.54, 1.807) is 12.1 Å². The van der Waals surface area contributed by atoms with Crippen molar-refractivity contribution in [2.24, 2.45) is 0 Å². The summed E-state index contributed by atoms with van der Waals surface area (Å²) in [4.78, 5) is 0. The molecule has 0 spiro atoms. The van der Waals surface area contributed by atoms with Crippen LogP contribution in [0.1, 0.15) is 13.8 Å². The molecule has 0 saturated heterocycles. The second-order valence-corrected chi connectivity index (χ2v) is 6.47. The van der Waals surface area contributed by atoms with Crippen LogP contribution in [0.5, 0.6) is 11.5 Å². The lowest BCUT2D eigenvalue weighted by Crippen LogP contribution is -1.99. The molecule has 0 N–H and O–H groups in total. The summed E-state index contributed by atoms with van der Waals surface area (Å²) in [5.41, 5.74) is 1.64. The smallest absolute Gasteiger partial charge is 0.127 e. The number of benzene rings is 4. The van der Waals surface area contributed by atoms with Gasteiger partial charge in [-0.15, -0.1) is 0 Å². The van der Waals surface area contributed by atoms with Crippen molar-refractivity contribution in [3.8, 4) is 22.6 Å². The molecule has 0 aliphatic heterocycles. The van der Waals surface area contributed by atoms with Gasteiger partial charge in [0.25, 0.3) is 0 Å². The van der Waals surface area contributed by atoms with Crippen LogP contribution in [-0.4, -0.2) is 13.2 Å². The number of hydrogen-bond acceptors (Lipinski definition) is 2. The fourth-order valence-corrected chi connectivity index (χ4v) is 3.63. The van der Waals surface area contributed by atoms with Crippen LogP contribution >= 0.6 is 0 Å². The lowest BCUT2D eigenvalue weighted by molar-refractivity contribution is 0.337. The van der Waals surface area contributed by atoms with Gasteiger partial charge in [0, 0.05) is 11.1 Å². The van der Waals surface area contributed by atoms with Crippen LogP contribution < -0.4 is 9.47 Å². The van der Waals surface area contributed by atoms with Gasteiger partial charge in [-0.05, 0) is 71.8 Å². The first-order valence-corrected chi connectivity index (χ1v) is 9.33. The SMILES string of the molecule is CCOc1ccc2cc(F)ccc2c1-c1c(OCC)ccc2cc(F)ccc12. The van der Waals surface area contributed by atoms with E-state index in [4.69, 9.17) is 9.47 Å². The molecule has 0 fully saturated rings. The maximum atomic E-state index is 13.8. The highest BCUT2D eigenvalue weighted by atomic mass is 19.1. The van der Waals surface area contributed by atoms with E-state index in [1.807, 2.05) is 38.1 Å². The molecule has 0 amide bonds. The van der Waals surface area contributed by atoms with Crippen LogP contribution in [-0.2, 0) is 0 Å². The van der Waals surface area contributed by atoms with E-state index >= 15 is 0 Å². The molecule has 4 rings (SSSR count). The van der Waals surface area contributed by atoms with Crippen molar-refractivity contribution in [3.63, 3.8) is 0 Å². The third-order valence-electron chi connectivity index (χ3n) is 4.74. The summed E-state index contributed by atoms with van der Waals surface area (Å²) in [7, 11) is 0. The molecule has 28 heavy (non-hydrogen) atoms. The largest absolute Gasteiger partial charge is 0.493 e. The van der Waals surface area contributed by atoms with Crippen LogP contribution in [0.25, 0.3) is 32.7 Å². The highest BCUT2D eigenvalue weighted by Crippen LogP contribution is 2.45. The molecule has 4 aromatic rings. The van der Waals surface area contributed by atoms with E-state index in [0.717, 1.165) is 32.7 Å². The van der Waals surface area contributed by atoms with E-state index in [-0.39, 0.29) is 11.6 Å². The van der Waals surface area contributed by atoms with E-state index in [0.29, 0.717) is 24.7 Å². The van der Waals surface area contributed by atoms with Crippen molar-refractivity contribution in [3.05, 3.63) is 72.3 Å². The minimum Gasteiger partial charge on any atom is -0.493 e. The summed E-state index contributed by atoms with van der Waals surface area (Å²) in [6.45, 7) is 4.81. The Kier molecular flexibility index (Phi) is 4.86. The third-order valence-corrected chi connectivity index (χ3v) is 4.74. The van der Waals surface area contributed by atoms with Crippen LogP contribution in [0.4, 0.5) is 8.78 Å². The van der Waals surface area contributed by atoms with Gasteiger partial charge in [-0.25, -0.2) is 8.78 Å². The van der Waals surface area contributed by atoms with Crippen molar-refractivity contribution in [1.29, 1.82) is 0 Å². The van der Waals surface area contributed by atoms with Crippen molar-refractivity contribution in [2.45, 2.75) is 13.8 Å². The molecular formula is C24H20F2O2. The Morgan fingerprint density at radius 3 is 1.43 bits per heavy atom. The van der Waals surface area contributed by atoms with Crippen molar-refractivity contribution < 1.29 is 18.3 Å². The van der Waals surface area contributed by atoms with Crippen molar-refractivity contribution in [1.82, 2.24) is 0 Å². The van der Waals surface area contributed by atoms with Gasteiger partial charge in [0.15, 0.2) is 0 Å². The zero-order valence-electron chi connectivity index (χ0n) is 15.8. The second kappa shape index (κ2) is 7.47. The number of fused-ring (bicyclic) bond motifs is 2. The summed E-state index contributed by atoms with van der Waals surface area (Å²) in [5.74, 6) is 0.763. The monoisotopic (exact) mass is 378 g/mol. The van der Waals surface area contributed by atoms with Gasteiger partial charge in [0.2, 0.25) is 0 Å². The van der Waals surface area contributed by atoms with Gasteiger partial charge in [0.1, 0.15) is 23.1 Å². The minimum absolute atomic E-state index is 0.298. The van der Waals surface area contributed by atoms with Crippen LogP contribution in [0.3, 0.4) is 0 Å². The van der Waals surface area contributed by atoms with Crippen LogP contribution in [0.2, 0.25) is 0 Å². The molecule has 0 saturated carbocycles. The first-order valence-electron chi connectivity index (χ1n) is 9.33. The van der Waals surface area contributed by atoms with Crippen LogP contribution in [0, 0.1) is 11.6 Å². The number of halogens is 2. The van der Waals surface area contributed by atoms with Gasteiger partial charge in [0.05, 0.1) is 13.2 Å². The highest BCUT2D eigenvalue weighted by molar-refractivity contribution is 6.09. The average molecular weight is 378 g/mol. The van der Waals surface area contributed by atoms with E-state index in [1.165, 1.54) is 24.3 Å². The normalized spacial score (nSPS) is 11.1. The summed E-state index contributed by atoms with van der Waals surface area (Å²) in [6.07, 6.45) is 0. The maximum Gasteiger partial charge on any atom is 0.127 e. The molecule has 142 valence electrons. The second-order valence-electron chi connectivity index (χ2n) is 6.47. The predicted octanol–water partition coefficient (Wildman–Crippen LogP) is 6.74. The lowest BCUT2D eigenvalue weighted by Gasteiger charge is -2.19. The van der Waals surface area contributed by atoms with Gasteiger partial charge >= 0.3 is 0 Å². The minimum atomic E-state index is -0.298. The summed E-state index contributed by atoms with van der Waals surface area (Å²) in [5, 5.41) is 3.23. The fraction of sp³-hybridized carbons (Fsp3) is 0.167. The Labute approximate surface area is 162 Å². The molecular weight excluding hydrogens is 358 g/mol. The molecule has 0 aromatic heterocycles. The number of rotatable bonds is 5. The molecule has 0 bridgehead atoms. The molecule has 0 aliphatic carbocycles. The summed E-state index contributed by atoms with van der Waals surface area (Å²) < 4.78 is 39.5. The zero-order valence-corrected chi connectivity index (χ0v) is 15.8. The van der Waals surface area contributed by atoms with Gasteiger partial charge in [-0.3, -0.25) is 0 Å². The van der Waals surface area contributed by atoms with Gasteiger partial charge in [-0.2, -0.15) is 0 Å². The van der Waals surface area contributed by atoms with Gasteiger partial charge in [-0.1, -0.05) is 24.3 Å². The third kappa shape index (κ3) is 3.15. The van der Waals surface area contributed by atoms with E-state index in [9.17, 15) is 8.78 Å². The standard InChI is InChI=1S/C24H20F2O2/c1-3-27-21-11-5-15-13-17(25)7-9-19(15)23(21)24-20-10-8-18(26)14-16(20)6-12-22(24)28-4-2/h5-14H,3-4H2,1-2H3. The topological polar surface area (TPSA) is 18.5 Å². The first kappa shape index (κ1) is 18.2. The Bertz CT molecular complexity index is 1080. The molecule has 0 atom stereocenters. The van der Waals surface area contributed by atoms with E-state index in [2.05, 4.69) is 0 Å². The van der Waals surface area contributed by atoms with Crippen molar-refractivity contribution >= 4 is 21.5 Å². The molecule has 4 heteroatoms. The zero-order chi connectivity index (χ0) is 19.7. The number of hydrogen-bond donors (Lipinski definition) is 0. The van der Waals surface area contributed by atoms with E-state index < -0.39 is 0 Å². The quantitative estimate of drug-likeness (QED) is 0.383. The fourth-order valence-electron chi connectivity index (χ4n) is 3.63. The Morgan fingerprint density at radius 1 is 0.607 bits per heavy atom. The average Bonchev–Trinajstić information content (AvgIpc) is 2.68. The Balaban J connectivity index is 2.15. The van der Waals surface area contributed by atoms with Crippen LogP contribution in [0.15, 0.2) is 60.7 Å². The molecule has 0 radical (unpaired) electrons. The molecule has 4 aromatic carbocycles. The summed E-state index contributed by atoms with van der Waals surface area (Å²) >= 11 is 0. The first-order chi connectivity index (χ1) is 13.6. The Morgan fingerprint density at radius 2 is 1.04 bits per heavy atom. The predicted molar refractivity (Wildman–Crippen MR) is 109 cm³/mol. The molecule has 0 heterocycles.